The van der Waals surface area contributed by atoms with Gasteiger partial charge < -0.3 is 0 Å². The van der Waals surface area contributed by atoms with Crippen LogP contribution in [0.4, 0.5) is 8.78 Å². The Hall–Kier alpha value is -1.51. The first-order chi connectivity index (χ1) is 6.58. The molecule has 0 aliphatic carbocycles. The van der Waals surface area contributed by atoms with Gasteiger partial charge in [-0.2, -0.15) is 0 Å². The lowest BCUT2D eigenvalue weighted by Crippen LogP contribution is -1.92. The second-order valence-electron chi connectivity index (χ2n) is 3.36. The quantitative estimate of drug-likeness (QED) is 0.626. The Labute approximate surface area is 80.4 Å². The Bertz CT molecular complexity index is 459. The van der Waals surface area contributed by atoms with Gasteiger partial charge in [0, 0.05) is 17.1 Å². The van der Waals surface area contributed by atoms with Gasteiger partial charge in [-0.25, -0.2) is 8.78 Å². The molecule has 0 aliphatic heterocycles. The molecule has 1 aromatic carbocycles. The molecule has 0 bridgehead atoms. The van der Waals surface area contributed by atoms with Crippen LogP contribution < -0.4 is 0 Å². The lowest BCUT2D eigenvalue weighted by atomic mass is 10.1. The van der Waals surface area contributed by atoms with Gasteiger partial charge in [0.25, 0.3) is 0 Å². The van der Waals surface area contributed by atoms with Gasteiger partial charge >= 0.3 is 0 Å². The fraction of sp³-hybridized carbons (Fsp3) is 0.182. The number of nitrogens with zero attached hydrogens (tertiary/aromatic N) is 1. The number of fused-ring (bicyclic) bond motifs is 1. The monoisotopic (exact) mass is 193 g/mol. The van der Waals surface area contributed by atoms with Crippen molar-refractivity contribution >= 4 is 10.9 Å². The Kier molecular flexibility index (Phi) is 1.95. The maximum Gasteiger partial charge on any atom is 0.152 e. The van der Waals surface area contributed by atoms with Crippen molar-refractivity contribution in [3.8, 4) is 0 Å². The van der Waals surface area contributed by atoms with Gasteiger partial charge in [0.1, 0.15) is 11.3 Å². The number of halogens is 2. The van der Waals surface area contributed by atoms with Crippen molar-refractivity contribution in [2.45, 2.75) is 13.8 Å². The molecule has 72 valence electrons. The zero-order valence-corrected chi connectivity index (χ0v) is 7.94. The Morgan fingerprint density at radius 2 is 1.79 bits per heavy atom. The van der Waals surface area contributed by atoms with E-state index >= 15 is 0 Å². The second kappa shape index (κ2) is 3.01. The summed E-state index contributed by atoms with van der Waals surface area (Å²) in [5.41, 5.74) is 1.82. The fourth-order valence-electron chi connectivity index (χ4n) is 1.58. The molecule has 14 heavy (non-hydrogen) atoms. The zero-order valence-electron chi connectivity index (χ0n) is 7.94. The molecule has 0 spiro atoms. The van der Waals surface area contributed by atoms with Gasteiger partial charge in [-0.05, 0) is 31.5 Å². The van der Waals surface area contributed by atoms with Crippen molar-refractivity contribution in [1.82, 2.24) is 4.98 Å². The van der Waals surface area contributed by atoms with Crippen molar-refractivity contribution in [2.75, 3.05) is 0 Å². The van der Waals surface area contributed by atoms with Crippen LogP contribution in [0, 0.1) is 25.5 Å². The van der Waals surface area contributed by atoms with Crippen LogP contribution in [0.3, 0.4) is 0 Å². The summed E-state index contributed by atoms with van der Waals surface area (Å²) >= 11 is 0. The third-order valence-electron chi connectivity index (χ3n) is 2.17. The van der Waals surface area contributed by atoms with Crippen LogP contribution in [0.1, 0.15) is 11.3 Å². The highest BCUT2D eigenvalue weighted by Gasteiger charge is 2.07. The fourth-order valence-corrected chi connectivity index (χ4v) is 1.58. The number of pyridine rings is 1. The topological polar surface area (TPSA) is 12.9 Å². The molecule has 2 aromatic rings. The minimum Gasteiger partial charge on any atom is -0.250 e. The maximum atomic E-state index is 13.3. The lowest BCUT2D eigenvalue weighted by molar-refractivity contribution is 0.590. The highest BCUT2D eigenvalue weighted by molar-refractivity contribution is 5.82. The van der Waals surface area contributed by atoms with Crippen molar-refractivity contribution in [3.05, 3.63) is 41.1 Å². The standard InChI is InChI=1S/C11H9F2N/c1-6-3-7(2)14-11-9(6)4-8(12)5-10(11)13/h3-5H,1-2H3. The summed E-state index contributed by atoms with van der Waals surface area (Å²) in [6, 6.07) is 3.97. The Balaban J connectivity index is 2.94. The summed E-state index contributed by atoms with van der Waals surface area (Å²) < 4.78 is 26.2. The summed E-state index contributed by atoms with van der Waals surface area (Å²) in [6.07, 6.45) is 0. The molecule has 0 radical (unpaired) electrons. The molecule has 0 unspecified atom stereocenters. The molecule has 0 saturated heterocycles. The summed E-state index contributed by atoms with van der Waals surface area (Å²) in [5.74, 6) is -1.17. The van der Waals surface area contributed by atoms with E-state index in [4.69, 9.17) is 0 Å². The Morgan fingerprint density at radius 3 is 2.50 bits per heavy atom. The molecule has 1 nitrogen and oxygen atoms in total. The average Bonchev–Trinajstić information content (AvgIpc) is 2.07. The normalized spacial score (nSPS) is 10.9. The van der Waals surface area contributed by atoms with Gasteiger partial charge in [0.05, 0.1) is 0 Å². The smallest absolute Gasteiger partial charge is 0.152 e. The molecule has 1 aromatic heterocycles. The lowest BCUT2D eigenvalue weighted by Gasteiger charge is -2.04. The molecule has 3 heteroatoms. The van der Waals surface area contributed by atoms with Crippen LogP contribution in [0.2, 0.25) is 0 Å². The molecule has 0 amide bonds. The van der Waals surface area contributed by atoms with Crippen LogP contribution in [0.15, 0.2) is 18.2 Å². The predicted molar refractivity (Wildman–Crippen MR) is 51.1 cm³/mol. The van der Waals surface area contributed by atoms with E-state index in [0.29, 0.717) is 5.39 Å². The summed E-state index contributed by atoms with van der Waals surface area (Å²) in [4.78, 5) is 4.04. The average molecular weight is 193 g/mol. The molecule has 0 saturated carbocycles. The van der Waals surface area contributed by atoms with E-state index in [1.807, 2.05) is 6.92 Å². The first-order valence-corrected chi connectivity index (χ1v) is 4.31. The first kappa shape index (κ1) is 9.06. The van der Waals surface area contributed by atoms with Crippen molar-refractivity contribution < 1.29 is 8.78 Å². The number of rotatable bonds is 0. The molecule has 1 heterocycles. The van der Waals surface area contributed by atoms with Crippen LogP contribution in [0.5, 0.6) is 0 Å². The minimum atomic E-state index is -0.605. The molecule has 2 rings (SSSR count). The third kappa shape index (κ3) is 1.35. The maximum absolute atomic E-state index is 13.3. The number of aromatic nitrogens is 1. The van der Waals surface area contributed by atoms with Crippen LogP contribution in [-0.4, -0.2) is 4.98 Å². The van der Waals surface area contributed by atoms with Gasteiger partial charge in [0.2, 0.25) is 0 Å². The SMILES string of the molecule is Cc1cc(C)c2cc(F)cc(F)c2n1. The van der Waals surface area contributed by atoms with Gasteiger partial charge in [-0.1, -0.05) is 0 Å². The molecular weight excluding hydrogens is 184 g/mol. The molecule has 0 atom stereocenters. The first-order valence-electron chi connectivity index (χ1n) is 4.31. The largest absolute Gasteiger partial charge is 0.250 e. The minimum absolute atomic E-state index is 0.240. The second-order valence-corrected chi connectivity index (χ2v) is 3.36. The van der Waals surface area contributed by atoms with E-state index in [1.54, 1.807) is 13.0 Å². The molecular formula is C11H9F2N. The summed E-state index contributed by atoms with van der Waals surface area (Å²) in [6.45, 7) is 3.60. The number of benzene rings is 1. The highest BCUT2D eigenvalue weighted by atomic mass is 19.1. The highest BCUT2D eigenvalue weighted by Crippen LogP contribution is 2.21. The third-order valence-corrected chi connectivity index (χ3v) is 2.17. The van der Waals surface area contributed by atoms with E-state index in [9.17, 15) is 8.78 Å². The molecule has 0 fully saturated rings. The van der Waals surface area contributed by atoms with Crippen LogP contribution in [-0.2, 0) is 0 Å². The van der Waals surface area contributed by atoms with Gasteiger partial charge in [0.15, 0.2) is 5.82 Å². The van der Waals surface area contributed by atoms with E-state index in [2.05, 4.69) is 4.98 Å². The van der Waals surface area contributed by atoms with Crippen molar-refractivity contribution in [3.63, 3.8) is 0 Å². The molecule has 0 aliphatic rings. The van der Waals surface area contributed by atoms with Crippen LogP contribution in [0.25, 0.3) is 10.9 Å². The number of hydrogen-bond donors (Lipinski definition) is 0. The van der Waals surface area contributed by atoms with Crippen LogP contribution >= 0.6 is 0 Å². The summed E-state index contributed by atoms with van der Waals surface area (Å²) in [7, 11) is 0. The number of aryl methyl sites for hydroxylation is 2. The van der Waals surface area contributed by atoms with Crippen molar-refractivity contribution in [1.29, 1.82) is 0 Å². The van der Waals surface area contributed by atoms with E-state index in [-0.39, 0.29) is 5.52 Å². The van der Waals surface area contributed by atoms with E-state index < -0.39 is 11.6 Å². The summed E-state index contributed by atoms with van der Waals surface area (Å²) in [5, 5.41) is 0.535. The van der Waals surface area contributed by atoms with E-state index in [1.165, 1.54) is 6.07 Å². The number of hydrogen-bond acceptors (Lipinski definition) is 1. The van der Waals surface area contributed by atoms with Gasteiger partial charge in [-0.3, -0.25) is 4.98 Å². The Morgan fingerprint density at radius 1 is 1.07 bits per heavy atom. The predicted octanol–water partition coefficient (Wildman–Crippen LogP) is 3.13. The zero-order chi connectivity index (χ0) is 10.3. The molecule has 0 N–H and O–H groups in total. The van der Waals surface area contributed by atoms with Gasteiger partial charge in [-0.15, -0.1) is 0 Å². The van der Waals surface area contributed by atoms with E-state index in [0.717, 1.165) is 17.3 Å². The van der Waals surface area contributed by atoms with Crippen molar-refractivity contribution in [2.24, 2.45) is 0 Å².